The lowest BCUT2D eigenvalue weighted by atomic mass is 9.99. The molecule has 1 aliphatic heterocycles. The third-order valence-corrected chi connectivity index (χ3v) is 4.99. The first kappa shape index (κ1) is 18.8. The molecule has 1 aromatic carbocycles. The lowest BCUT2D eigenvalue weighted by Crippen LogP contribution is -2.39. The van der Waals surface area contributed by atoms with Crippen LogP contribution in [0.25, 0.3) is 5.78 Å². The molecule has 0 saturated carbocycles. The molecule has 6 nitrogen and oxygen atoms in total. The average Bonchev–Trinajstić information content (AvgIpc) is 3.15. The second-order valence-corrected chi connectivity index (χ2v) is 7.07. The highest BCUT2D eigenvalue weighted by molar-refractivity contribution is 6.32. The number of alkyl halides is 3. The summed E-state index contributed by atoms with van der Waals surface area (Å²) in [7, 11) is 0. The Morgan fingerprint density at radius 3 is 2.86 bits per heavy atom. The molecular formula is C18H17ClF3N5O. The number of hydrogen-bond donors (Lipinski definition) is 0. The Morgan fingerprint density at radius 2 is 2.07 bits per heavy atom. The van der Waals surface area contributed by atoms with Crippen molar-refractivity contribution in [3.05, 3.63) is 47.4 Å². The van der Waals surface area contributed by atoms with Crippen LogP contribution >= 0.6 is 11.6 Å². The molecule has 1 atom stereocenters. The number of piperidine rings is 1. The quantitative estimate of drug-likeness (QED) is 0.647. The van der Waals surface area contributed by atoms with Gasteiger partial charge in [0.05, 0.1) is 11.6 Å². The molecule has 1 fully saturated rings. The molecule has 0 amide bonds. The van der Waals surface area contributed by atoms with Crippen LogP contribution in [0.4, 0.5) is 19.0 Å². The van der Waals surface area contributed by atoms with Crippen LogP contribution in [0.1, 0.15) is 18.5 Å². The van der Waals surface area contributed by atoms with E-state index in [1.54, 1.807) is 12.1 Å². The van der Waals surface area contributed by atoms with Gasteiger partial charge in [0, 0.05) is 25.1 Å². The second-order valence-electron chi connectivity index (χ2n) is 6.66. The fraction of sp³-hybridized carbons (Fsp3) is 0.389. The Labute approximate surface area is 163 Å². The van der Waals surface area contributed by atoms with Gasteiger partial charge in [0.15, 0.2) is 5.69 Å². The normalized spacial score (nSPS) is 17.9. The van der Waals surface area contributed by atoms with Crippen molar-refractivity contribution in [1.29, 1.82) is 0 Å². The van der Waals surface area contributed by atoms with E-state index >= 15 is 0 Å². The van der Waals surface area contributed by atoms with Gasteiger partial charge < -0.3 is 9.64 Å². The third kappa shape index (κ3) is 3.84. The lowest BCUT2D eigenvalue weighted by Gasteiger charge is -2.34. The van der Waals surface area contributed by atoms with Crippen molar-refractivity contribution in [3.63, 3.8) is 0 Å². The lowest BCUT2D eigenvalue weighted by molar-refractivity contribution is -0.141. The maximum atomic E-state index is 13.2. The molecule has 2 aromatic heterocycles. The zero-order valence-corrected chi connectivity index (χ0v) is 15.5. The molecule has 3 aromatic rings. The number of anilines is 1. The molecule has 10 heteroatoms. The van der Waals surface area contributed by atoms with Crippen molar-refractivity contribution in [1.82, 2.24) is 19.6 Å². The van der Waals surface area contributed by atoms with Gasteiger partial charge in [-0.3, -0.25) is 0 Å². The molecule has 1 saturated heterocycles. The van der Waals surface area contributed by atoms with Gasteiger partial charge in [-0.15, -0.1) is 0 Å². The Bertz CT molecular complexity index is 977. The maximum absolute atomic E-state index is 13.2. The fourth-order valence-electron chi connectivity index (χ4n) is 3.35. The van der Waals surface area contributed by atoms with E-state index < -0.39 is 11.9 Å². The summed E-state index contributed by atoms with van der Waals surface area (Å²) in [6, 6.07) is 8.23. The fourth-order valence-corrected chi connectivity index (χ4v) is 3.54. The summed E-state index contributed by atoms with van der Waals surface area (Å²) < 4.78 is 46.8. The van der Waals surface area contributed by atoms with Crippen molar-refractivity contribution < 1.29 is 17.9 Å². The Hall–Kier alpha value is -2.55. The van der Waals surface area contributed by atoms with Gasteiger partial charge in [0.1, 0.15) is 17.9 Å². The molecular weight excluding hydrogens is 395 g/mol. The van der Waals surface area contributed by atoms with Crippen molar-refractivity contribution >= 4 is 23.2 Å². The van der Waals surface area contributed by atoms with Gasteiger partial charge in [-0.05, 0) is 25.0 Å². The predicted molar refractivity (Wildman–Crippen MR) is 97.7 cm³/mol. The van der Waals surface area contributed by atoms with E-state index in [4.69, 9.17) is 16.3 Å². The summed E-state index contributed by atoms with van der Waals surface area (Å²) in [5, 5.41) is 4.56. The summed E-state index contributed by atoms with van der Waals surface area (Å²) >= 11 is 6.11. The third-order valence-electron chi connectivity index (χ3n) is 4.68. The van der Waals surface area contributed by atoms with Crippen LogP contribution in [0.2, 0.25) is 5.02 Å². The van der Waals surface area contributed by atoms with Crippen molar-refractivity contribution in [2.24, 2.45) is 5.92 Å². The summed E-state index contributed by atoms with van der Waals surface area (Å²) in [4.78, 5) is 9.27. The Morgan fingerprint density at radius 1 is 1.25 bits per heavy atom. The van der Waals surface area contributed by atoms with E-state index in [0.717, 1.165) is 18.9 Å². The van der Waals surface area contributed by atoms with Crippen molar-refractivity contribution in [3.8, 4) is 5.75 Å². The van der Waals surface area contributed by atoms with Crippen LogP contribution < -0.4 is 9.64 Å². The van der Waals surface area contributed by atoms with Gasteiger partial charge in [0.25, 0.3) is 5.78 Å². The average molecular weight is 412 g/mol. The van der Waals surface area contributed by atoms with Gasteiger partial charge in [-0.1, -0.05) is 23.7 Å². The second kappa shape index (κ2) is 7.46. The smallest absolute Gasteiger partial charge is 0.433 e. The van der Waals surface area contributed by atoms with Crippen molar-refractivity contribution in [2.45, 2.75) is 19.0 Å². The molecule has 148 valence electrons. The number of para-hydroxylation sites is 1. The van der Waals surface area contributed by atoms with E-state index in [1.165, 1.54) is 10.8 Å². The molecule has 0 bridgehead atoms. The number of benzene rings is 1. The van der Waals surface area contributed by atoms with Gasteiger partial charge in [-0.25, -0.2) is 4.98 Å². The minimum atomic E-state index is -4.55. The number of fused-ring (bicyclic) bond motifs is 1. The van der Waals surface area contributed by atoms with Gasteiger partial charge in [-0.2, -0.15) is 27.8 Å². The summed E-state index contributed by atoms with van der Waals surface area (Å²) in [5.41, 5.74) is -0.975. The Kier molecular flexibility index (Phi) is 5.01. The van der Waals surface area contributed by atoms with Crippen LogP contribution in [-0.4, -0.2) is 39.3 Å². The minimum Gasteiger partial charge on any atom is -0.492 e. The van der Waals surface area contributed by atoms with Crippen LogP contribution in [0.15, 0.2) is 36.7 Å². The molecule has 3 heterocycles. The van der Waals surface area contributed by atoms with E-state index in [2.05, 4.69) is 15.1 Å². The number of aromatic nitrogens is 4. The molecule has 0 radical (unpaired) electrons. The molecule has 4 rings (SSSR count). The first-order chi connectivity index (χ1) is 13.4. The van der Waals surface area contributed by atoms with E-state index in [9.17, 15) is 13.2 Å². The zero-order valence-electron chi connectivity index (χ0n) is 14.7. The van der Waals surface area contributed by atoms with Crippen LogP contribution in [0.3, 0.4) is 0 Å². The summed E-state index contributed by atoms with van der Waals surface area (Å²) in [5.74, 6) is 1.01. The largest absolute Gasteiger partial charge is 0.492 e. The number of ether oxygens (including phenoxy) is 1. The van der Waals surface area contributed by atoms with Crippen LogP contribution in [-0.2, 0) is 6.18 Å². The van der Waals surface area contributed by atoms with E-state index in [-0.39, 0.29) is 11.7 Å². The molecule has 0 N–H and O–H groups in total. The molecule has 1 aliphatic rings. The standard InChI is InChI=1S/C18H17ClF3N5O/c19-13-5-1-2-6-14(13)28-10-12-4-3-7-26(9-12)16-8-15(18(20,21)22)25-17-23-11-24-27(16)17/h1-2,5-6,8,11-12H,3-4,7,9-10H2. The highest BCUT2D eigenvalue weighted by Gasteiger charge is 2.35. The minimum absolute atomic E-state index is 0.0701. The number of nitrogens with zero attached hydrogens (tertiary/aromatic N) is 5. The molecule has 0 spiro atoms. The maximum Gasteiger partial charge on any atom is 0.433 e. The monoisotopic (exact) mass is 411 g/mol. The summed E-state index contributed by atoms with van der Waals surface area (Å²) in [6.07, 6.45) is -1.60. The van der Waals surface area contributed by atoms with Crippen LogP contribution in [0.5, 0.6) is 5.75 Å². The first-order valence-corrected chi connectivity index (χ1v) is 9.20. The van der Waals surface area contributed by atoms with E-state index in [1.807, 2.05) is 17.0 Å². The number of halogens is 4. The van der Waals surface area contributed by atoms with Gasteiger partial charge in [0.2, 0.25) is 0 Å². The van der Waals surface area contributed by atoms with Crippen molar-refractivity contribution in [2.75, 3.05) is 24.6 Å². The predicted octanol–water partition coefficient (Wildman–Crippen LogP) is 4.09. The zero-order chi connectivity index (χ0) is 19.7. The number of hydrogen-bond acceptors (Lipinski definition) is 5. The molecule has 1 unspecified atom stereocenters. The topological polar surface area (TPSA) is 55.6 Å². The first-order valence-electron chi connectivity index (χ1n) is 8.82. The highest BCUT2D eigenvalue weighted by Crippen LogP contribution is 2.32. The number of rotatable bonds is 4. The van der Waals surface area contributed by atoms with Crippen LogP contribution in [0, 0.1) is 5.92 Å². The summed E-state index contributed by atoms with van der Waals surface area (Å²) in [6.45, 7) is 1.59. The SMILES string of the molecule is FC(F)(F)c1cc(N2CCCC(COc3ccccc3Cl)C2)n2ncnc2n1. The van der Waals surface area contributed by atoms with E-state index in [0.29, 0.717) is 36.3 Å². The highest BCUT2D eigenvalue weighted by atomic mass is 35.5. The molecule has 28 heavy (non-hydrogen) atoms. The molecule has 0 aliphatic carbocycles. The Balaban J connectivity index is 1.54. The van der Waals surface area contributed by atoms with Gasteiger partial charge >= 0.3 is 6.18 Å².